The molecule has 1 saturated heterocycles. The van der Waals surface area contributed by atoms with Crippen LogP contribution in [0.1, 0.15) is 66.7 Å². The van der Waals surface area contributed by atoms with Gasteiger partial charge < -0.3 is 9.84 Å². The fourth-order valence-corrected chi connectivity index (χ4v) is 2.54. The summed E-state index contributed by atoms with van der Waals surface area (Å²) < 4.78 is 5.72. The van der Waals surface area contributed by atoms with E-state index in [9.17, 15) is 5.11 Å². The standard InChI is InChI=1S/C15H30O2/c1-12(2)13-11-15(16,9-10-17-13)8-6-7-14(3,4)5/h12-13,16H,6-11H2,1-5H3. The summed E-state index contributed by atoms with van der Waals surface area (Å²) in [4.78, 5) is 0. The molecule has 2 nitrogen and oxygen atoms in total. The van der Waals surface area contributed by atoms with Crippen LogP contribution in [0.5, 0.6) is 0 Å². The van der Waals surface area contributed by atoms with Crippen LogP contribution in [0, 0.1) is 11.3 Å². The lowest BCUT2D eigenvalue weighted by Gasteiger charge is -2.39. The molecule has 0 amide bonds. The van der Waals surface area contributed by atoms with Gasteiger partial charge in [0.25, 0.3) is 0 Å². The first-order valence-corrected chi connectivity index (χ1v) is 7.06. The van der Waals surface area contributed by atoms with Crippen LogP contribution in [0.3, 0.4) is 0 Å². The molecule has 0 bridgehead atoms. The Bertz CT molecular complexity index is 230. The number of ether oxygens (including phenoxy) is 1. The first-order chi connectivity index (χ1) is 7.72. The zero-order valence-corrected chi connectivity index (χ0v) is 12.3. The van der Waals surface area contributed by atoms with E-state index in [1.54, 1.807) is 0 Å². The monoisotopic (exact) mass is 242 g/mol. The van der Waals surface area contributed by atoms with Gasteiger partial charge in [-0.2, -0.15) is 0 Å². The molecule has 102 valence electrons. The molecule has 1 fully saturated rings. The third kappa shape index (κ3) is 5.39. The summed E-state index contributed by atoms with van der Waals surface area (Å²) in [6.45, 7) is 11.8. The third-order valence-corrected chi connectivity index (χ3v) is 3.79. The molecule has 0 spiro atoms. The van der Waals surface area contributed by atoms with Gasteiger partial charge >= 0.3 is 0 Å². The van der Waals surface area contributed by atoms with Crippen molar-refractivity contribution in [2.24, 2.45) is 11.3 Å². The molecule has 2 heteroatoms. The summed E-state index contributed by atoms with van der Waals surface area (Å²) >= 11 is 0. The van der Waals surface area contributed by atoms with E-state index in [-0.39, 0.29) is 6.10 Å². The Morgan fingerprint density at radius 2 is 2.00 bits per heavy atom. The SMILES string of the molecule is CC(C)C1CC(O)(CCCC(C)(C)C)CCO1. The molecule has 0 aliphatic carbocycles. The van der Waals surface area contributed by atoms with E-state index in [2.05, 4.69) is 34.6 Å². The average Bonchev–Trinajstić information content (AvgIpc) is 2.15. The maximum atomic E-state index is 10.6. The minimum absolute atomic E-state index is 0.239. The lowest BCUT2D eigenvalue weighted by molar-refractivity contribution is -0.121. The van der Waals surface area contributed by atoms with Crippen molar-refractivity contribution >= 4 is 0 Å². The van der Waals surface area contributed by atoms with Crippen molar-refractivity contribution in [3.05, 3.63) is 0 Å². The maximum absolute atomic E-state index is 10.6. The van der Waals surface area contributed by atoms with Crippen molar-refractivity contribution in [1.29, 1.82) is 0 Å². The zero-order chi connectivity index (χ0) is 13.1. The molecule has 1 N–H and O–H groups in total. The Hall–Kier alpha value is -0.0800. The topological polar surface area (TPSA) is 29.5 Å². The summed E-state index contributed by atoms with van der Waals surface area (Å²) in [5.74, 6) is 0.504. The molecule has 0 aromatic carbocycles. The molecule has 1 aliphatic heterocycles. The lowest BCUT2D eigenvalue weighted by Crippen LogP contribution is -2.42. The van der Waals surface area contributed by atoms with Crippen molar-refractivity contribution in [1.82, 2.24) is 0 Å². The van der Waals surface area contributed by atoms with Crippen LogP contribution in [0.25, 0.3) is 0 Å². The second-order valence-electron chi connectivity index (χ2n) is 7.25. The third-order valence-electron chi connectivity index (χ3n) is 3.79. The van der Waals surface area contributed by atoms with E-state index in [0.717, 1.165) is 32.3 Å². The van der Waals surface area contributed by atoms with Gasteiger partial charge in [0.2, 0.25) is 0 Å². The van der Waals surface area contributed by atoms with Gasteiger partial charge in [0.1, 0.15) is 0 Å². The van der Waals surface area contributed by atoms with Crippen LogP contribution in [0.2, 0.25) is 0 Å². The van der Waals surface area contributed by atoms with Gasteiger partial charge in [0, 0.05) is 13.0 Å². The molecular formula is C15H30O2. The zero-order valence-electron chi connectivity index (χ0n) is 12.3. The van der Waals surface area contributed by atoms with E-state index >= 15 is 0 Å². The molecular weight excluding hydrogens is 212 g/mol. The van der Waals surface area contributed by atoms with Gasteiger partial charge in [-0.1, -0.05) is 41.0 Å². The Labute approximate surface area is 107 Å². The largest absolute Gasteiger partial charge is 0.390 e. The molecule has 0 saturated carbocycles. The van der Waals surface area contributed by atoms with Gasteiger partial charge in [0.15, 0.2) is 0 Å². The van der Waals surface area contributed by atoms with Crippen molar-refractivity contribution < 1.29 is 9.84 Å². The van der Waals surface area contributed by atoms with Gasteiger partial charge in [-0.15, -0.1) is 0 Å². The number of rotatable bonds is 4. The lowest BCUT2D eigenvalue weighted by atomic mass is 9.80. The highest BCUT2D eigenvalue weighted by atomic mass is 16.5. The fraction of sp³-hybridized carbons (Fsp3) is 1.00. The number of aliphatic hydroxyl groups is 1. The Kier molecular flexibility index (Phi) is 5.03. The Morgan fingerprint density at radius 3 is 2.53 bits per heavy atom. The summed E-state index contributed by atoms with van der Waals surface area (Å²) in [7, 11) is 0. The minimum Gasteiger partial charge on any atom is -0.390 e. The first-order valence-electron chi connectivity index (χ1n) is 7.06. The number of hydrogen-bond donors (Lipinski definition) is 1. The summed E-state index contributed by atoms with van der Waals surface area (Å²) in [6.07, 6.45) is 5.09. The predicted octanol–water partition coefficient (Wildman–Crippen LogP) is 3.77. The highest BCUT2D eigenvalue weighted by Gasteiger charge is 2.35. The molecule has 2 atom stereocenters. The van der Waals surface area contributed by atoms with Crippen LogP contribution in [0.4, 0.5) is 0 Å². The van der Waals surface area contributed by atoms with E-state index in [1.165, 1.54) is 6.42 Å². The molecule has 1 heterocycles. The summed E-state index contributed by atoms with van der Waals surface area (Å²) in [6, 6.07) is 0. The maximum Gasteiger partial charge on any atom is 0.0694 e. The molecule has 0 radical (unpaired) electrons. The van der Waals surface area contributed by atoms with Crippen LogP contribution in [0.15, 0.2) is 0 Å². The van der Waals surface area contributed by atoms with Crippen LogP contribution >= 0.6 is 0 Å². The Morgan fingerprint density at radius 1 is 1.35 bits per heavy atom. The van der Waals surface area contributed by atoms with E-state index in [1.807, 2.05) is 0 Å². The molecule has 1 aliphatic rings. The molecule has 2 unspecified atom stereocenters. The summed E-state index contributed by atoms with van der Waals surface area (Å²) in [5.41, 5.74) is -0.0998. The average molecular weight is 242 g/mol. The molecule has 0 aromatic heterocycles. The minimum atomic E-state index is -0.474. The van der Waals surface area contributed by atoms with Gasteiger partial charge in [-0.05, 0) is 30.6 Å². The van der Waals surface area contributed by atoms with Crippen molar-refractivity contribution in [2.45, 2.75) is 78.4 Å². The normalized spacial score (nSPS) is 30.9. The van der Waals surface area contributed by atoms with E-state index in [0.29, 0.717) is 11.3 Å². The van der Waals surface area contributed by atoms with Crippen molar-refractivity contribution in [3.63, 3.8) is 0 Å². The van der Waals surface area contributed by atoms with E-state index in [4.69, 9.17) is 4.74 Å². The second-order valence-corrected chi connectivity index (χ2v) is 7.25. The van der Waals surface area contributed by atoms with E-state index < -0.39 is 5.60 Å². The molecule has 0 aromatic rings. The highest BCUT2D eigenvalue weighted by molar-refractivity contribution is 4.87. The smallest absolute Gasteiger partial charge is 0.0694 e. The Balaban J connectivity index is 2.40. The van der Waals surface area contributed by atoms with Crippen LogP contribution in [-0.2, 0) is 4.74 Å². The second kappa shape index (κ2) is 5.71. The first kappa shape index (κ1) is 15.0. The van der Waals surface area contributed by atoms with Crippen molar-refractivity contribution in [3.8, 4) is 0 Å². The fourth-order valence-electron chi connectivity index (χ4n) is 2.54. The van der Waals surface area contributed by atoms with Crippen LogP contribution < -0.4 is 0 Å². The number of hydrogen-bond acceptors (Lipinski definition) is 2. The predicted molar refractivity (Wildman–Crippen MR) is 72.1 cm³/mol. The summed E-state index contributed by atoms with van der Waals surface area (Å²) in [5, 5.41) is 10.6. The van der Waals surface area contributed by atoms with Gasteiger partial charge in [0.05, 0.1) is 11.7 Å². The molecule has 17 heavy (non-hydrogen) atoms. The quantitative estimate of drug-likeness (QED) is 0.813. The van der Waals surface area contributed by atoms with Gasteiger partial charge in [-0.25, -0.2) is 0 Å². The van der Waals surface area contributed by atoms with Crippen LogP contribution in [-0.4, -0.2) is 23.4 Å². The highest BCUT2D eigenvalue weighted by Crippen LogP contribution is 2.34. The van der Waals surface area contributed by atoms with Crippen molar-refractivity contribution in [2.75, 3.05) is 6.61 Å². The van der Waals surface area contributed by atoms with Gasteiger partial charge in [-0.3, -0.25) is 0 Å². The molecule has 1 rings (SSSR count).